The molecule has 1 amide bonds. The van der Waals surface area contributed by atoms with Gasteiger partial charge in [0.15, 0.2) is 16.4 Å². The standard InChI is InChI=1S/C17H21NO5S2/c19-16(18-8-3-5-13-4-1-2-6-15(13)18)10-23-17(20)11-24-14-7-9-25(21,22)12-14/h1-2,4,6,14H,3,5,7-12H2/t14-/m0/s1. The number of para-hydroxylation sites is 1. The number of amides is 1. The van der Waals surface area contributed by atoms with E-state index >= 15 is 0 Å². The number of nitrogens with zero attached hydrogens (tertiary/aromatic N) is 1. The first-order chi connectivity index (χ1) is 11.9. The summed E-state index contributed by atoms with van der Waals surface area (Å²) in [5.41, 5.74) is 2.02. The fraction of sp³-hybridized carbons (Fsp3) is 0.529. The van der Waals surface area contributed by atoms with Crippen molar-refractivity contribution in [1.82, 2.24) is 0 Å². The smallest absolute Gasteiger partial charge is 0.316 e. The molecule has 1 aromatic carbocycles. The summed E-state index contributed by atoms with van der Waals surface area (Å²) in [6, 6.07) is 7.76. The minimum Gasteiger partial charge on any atom is -0.455 e. The van der Waals surface area contributed by atoms with Crippen LogP contribution in [-0.4, -0.2) is 56.0 Å². The van der Waals surface area contributed by atoms with Crippen LogP contribution in [0.15, 0.2) is 24.3 Å². The van der Waals surface area contributed by atoms with Gasteiger partial charge in [-0.2, -0.15) is 0 Å². The van der Waals surface area contributed by atoms with Crippen molar-refractivity contribution in [2.45, 2.75) is 24.5 Å². The number of fused-ring (bicyclic) bond motifs is 1. The molecule has 25 heavy (non-hydrogen) atoms. The Morgan fingerprint density at radius 1 is 1.28 bits per heavy atom. The number of anilines is 1. The third kappa shape index (κ3) is 4.76. The summed E-state index contributed by atoms with van der Waals surface area (Å²) in [5, 5.41) is -0.0535. The molecule has 1 saturated heterocycles. The minimum atomic E-state index is -2.95. The number of hydrogen-bond acceptors (Lipinski definition) is 6. The topological polar surface area (TPSA) is 80.7 Å². The van der Waals surface area contributed by atoms with Gasteiger partial charge in [-0.3, -0.25) is 9.59 Å². The highest BCUT2D eigenvalue weighted by atomic mass is 32.2. The van der Waals surface area contributed by atoms with Gasteiger partial charge in [-0.15, -0.1) is 11.8 Å². The van der Waals surface area contributed by atoms with E-state index in [9.17, 15) is 18.0 Å². The van der Waals surface area contributed by atoms with Crippen LogP contribution in [0.4, 0.5) is 5.69 Å². The molecule has 0 aromatic heterocycles. The number of aryl methyl sites for hydroxylation is 1. The predicted octanol–water partition coefficient (Wildman–Crippen LogP) is 1.43. The van der Waals surface area contributed by atoms with Crippen LogP contribution < -0.4 is 4.90 Å². The van der Waals surface area contributed by atoms with E-state index in [0.29, 0.717) is 13.0 Å². The molecule has 1 atom stereocenters. The van der Waals surface area contributed by atoms with Gasteiger partial charge in [-0.25, -0.2) is 8.42 Å². The number of carbonyl (C=O) groups excluding carboxylic acids is 2. The predicted molar refractivity (Wildman–Crippen MR) is 97.6 cm³/mol. The maximum atomic E-state index is 12.4. The van der Waals surface area contributed by atoms with Gasteiger partial charge < -0.3 is 9.64 Å². The second-order valence-electron chi connectivity index (χ2n) is 6.27. The lowest BCUT2D eigenvalue weighted by molar-refractivity contribution is -0.145. The fourth-order valence-electron chi connectivity index (χ4n) is 3.13. The monoisotopic (exact) mass is 383 g/mol. The molecule has 0 unspecified atom stereocenters. The number of hydrogen-bond donors (Lipinski definition) is 0. The Balaban J connectivity index is 1.46. The number of sulfone groups is 1. The van der Waals surface area contributed by atoms with Crippen LogP contribution >= 0.6 is 11.8 Å². The number of esters is 1. The molecule has 2 aliphatic heterocycles. The minimum absolute atomic E-state index is 0.0535. The summed E-state index contributed by atoms with van der Waals surface area (Å²) in [4.78, 5) is 25.9. The molecule has 0 radical (unpaired) electrons. The normalized spacial score (nSPS) is 21.6. The van der Waals surface area contributed by atoms with Crippen molar-refractivity contribution in [3.63, 3.8) is 0 Å². The van der Waals surface area contributed by atoms with E-state index in [1.807, 2.05) is 24.3 Å². The highest BCUT2D eigenvalue weighted by Crippen LogP contribution is 2.27. The SMILES string of the molecule is O=C(CS[C@H]1CCS(=O)(=O)C1)OCC(=O)N1CCCc2ccccc21. The maximum Gasteiger partial charge on any atom is 0.316 e. The third-order valence-corrected chi connectivity index (χ3v) is 7.65. The summed E-state index contributed by atoms with van der Waals surface area (Å²) in [7, 11) is -2.95. The van der Waals surface area contributed by atoms with Gasteiger partial charge in [0, 0.05) is 17.5 Å². The highest BCUT2D eigenvalue weighted by molar-refractivity contribution is 8.02. The second-order valence-corrected chi connectivity index (χ2v) is 9.79. The fourth-order valence-corrected chi connectivity index (χ4v) is 6.57. The molecule has 0 bridgehead atoms. The van der Waals surface area contributed by atoms with E-state index in [-0.39, 0.29) is 35.0 Å². The largest absolute Gasteiger partial charge is 0.455 e. The van der Waals surface area contributed by atoms with Crippen molar-refractivity contribution < 1.29 is 22.7 Å². The molecule has 0 aliphatic carbocycles. The van der Waals surface area contributed by atoms with Gasteiger partial charge in [0.2, 0.25) is 0 Å². The van der Waals surface area contributed by atoms with Crippen molar-refractivity contribution in [2.75, 3.05) is 35.3 Å². The van der Waals surface area contributed by atoms with Crippen LogP contribution in [0, 0.1) is 0 Å². The first-order valence-corrected chi connectivity index (χ1v) is 11.2. The Morgan fingerprint density at radius 2 is 2.08 bits per heavy atom. The van der Waals surface area contributed by atoms with Crippen LogP contribution in [0.5, 0.6) is 0 Å². The number of benzene rings is 1. The van der Waals surface area contributed by atoms with Gasteiger partial charge in [0.1, 0.15) is 0 Å². The molecule has 0 spiro atoms. The Labute approximate surface area is 151 Å². The Hall–Kier alpha value is -1.54. The van der Waals surface area contributed by atoms with Crippen molar-refractivity contribution in [3.05, 3.63) is 29.8 Å². The number of ether oxygens (including phenoxy) is 1. The van der Waals surface area contributed by atoms with Gasteiger partial charge in [-0.1, -0.05) is 18.2 Å². The molecule has 0 N–H and O–H groups in total. The third-order valence-electron chi connectivity index (χ3n) is 4.40. The molecule has 1 fully saturated rings. The molecule has 6 nitrogen and oxygen atoms in total. The van der Waals surface area contributed by atoms with Crippen molar-refractivity contribution in [2.24, 2.45) is 0 Å². The molecule has 8 heteroatoms. The molecule has 2 heterocycles. The van der Waals surface area contributed by atoms with E-state index in [1.165, 1.54) is 11.8 Å². The molecule has 136 valence electrons. The van der Waals surface area contributed by atoms with Crippen molar-refractivity contribution in [3.8, 4) is 0 Å². The summed E-state index contributed by atoms with van der Waals surface area (Å²) < 4.78 is 27.9. The summed E-state index contributed by atoms with van der Waals surface area (Å²) in [6.45, 7) is 0.346. The van der Waals surface area contributed by atoms with E-state index < -0.39 is 15.8 Å². The molecule has 2 aliphatic rings. The second kappa shape index (κ2) is 7.78. The summed E-state index contributed by atoms with van der Waals surface area (Å²) in [6.07, 6.45) is 2.41. The number of thioether (sulfide) groups is 1. The van der Waals surface area contributed by atoms with Crippen LogP contribution in [0.25, 0.3) is 0 Å². The maximum absolute atomic E-state index is 12.4. The van der Waals surface area contributed by atoms with Crippen molar-refractivity contribution in [1.29, 1.82) is 0 Å². The molecule has 1 aromatic rings. The van der Waals surface area contributed by atoms with Crippen LogP contribution in [0.2, 0.25) is 0 Å². The van der Waals surface area contributed by atoms with Crippen LogP contribution in [-0.2, 0) is 30.6 Å². The lowest BCUT2D eigenvalue weighted by Crippen LogP contribution is -2.38. The Kier molecular flexibility index (Phi) is 5.68. The average Bonchev–Trinajstić information content (AvgIpc) is 2.96. The van der Waals surface area contributed by atoms with Crippen LogP contribution in [0.3, 0.4) is 0 Å². The van der Waals surface area contributed by atoms with Gasteiger partial charge in [0.05, 0.1) is 17.3 Å². The summed E-state index contributed by atoms with van der Waals surface area (Å²) >= 11 is 1.29. The Morgan fingerprint density at radius 3 is 2.84 bits per heavy atom. The quantitative estimate of drug-likeness (QED) is 0.716. The van der Waals surface area contributed by atoms with Crippen molar-refractivity contribution >= 4 is 39.2 Å². The van der Waals surface area contributed by atoms with Gasteiger partial charge in [0.25, 0.3) is 5.91 Å². The molecular formula is C17H21NO5S2. The summed E-state index contributed by atoms with van der Waals surface area (Å²) in [5.74, 6) is -0.327. The van der Waals surface area contributed by atoms with E-state index in [0.717, 1.165) is 24.1 Å². The lowest BCUT2D eigenvalue weighted by Gasteiger charge is -2.29. The first-order valence-electron chi connectivity index (χ1n) is 8.30. The molecule has 3 rings (SSSR count). The van der Waals surface area contributed by atoms with Gasteiger partial charge in [-0.05, 0) is 30.9 Å². The highest BCUT2D eigenvalue weighted by Gasteiger charge is 2.29. The zero-order valence-corrected chi connectivity index (χ0v) is 15.5. The van der Waals surface area contributed by atoms with Gasteiger partial charge >= 0.3 is 5.97 Å². The molecule has 0 saturated carbocycles. The van der Waals surface area contributed by atoms with E-state index in [1.54, 1.807) is 4.90 Å². The number of rotatable bonds is 5. The zero-order valence-electron chi connectivity index (χ0n) is 13.8. The van der Waals surface area contributed by atoms with E-state index in [4.69, 9.17) is 4.74 Å². The van der Waals surface area contributed by atoms with Crippen LogP contribution in [0.1, 0.15) is 18.4 Å². The number of carbonyl (C=O) groups is 2. The average molecular weight is 383 g/mol. The van der Waals surface area contributed by atoms with E-state index in [2.05, 4.69) is 0 Å². The molecular weight excluding hydrogens is 362 g/mol. The first kappa shape index (κ1) is 18.3. The Bertz CT molecular complexity index is 762. The lowest BCUT2D eigenvalue weighted by atomic mass is 10.0. The zero-order chi connectivity index (χ0) is 17.9.